The predicted molar refractivity (Wildman–Crippen MR) is 115 cm³/mol. The molecule has 2 aromatic rings. The second-order valence-corrected chi connectivity index (χ2v) is 7.75. The van der Waals surface area contributed by atoms with Crippen LogP contribution in [0.15, 0.2) is 30.3 Å². The summed E-state index contributed by atoms with van der Waals surface area (Å²) in [5.74, 6) is -1.12. The number of hydrogen-bond acceptors (Lipinski definition) is 5. The second-order valence-electron chi connectivity index (χ2n) is 7.75. The fourth-order valence-corrected chi connectivity index (χ4v) is 3.98. The van der Waals surface area contributed by atoms with E-state index in [0.29, 0.717) is 30.8 Å². The Morgan fingerprint density at radius 2 is 1.68 bits per heavy atom. The minimum Gasteiger partial charge on any atom is -0.507 e. The van der Waals surface area contributed by atoms with Gasteiger partial charge in [0.25, 0.3) is 0 Å². The standard InChI is InChI=1S/C24H28O7/c1-30-21-14-16(7-10-23(28)29)13-18(24(21)20-4-2-3-11-31-20)17-12-15(5-8-19(17)25)6-9-22(26)27/h5,8,12-14,20,25H,2-4,6-7,9-11H2,1H3,(H,26,27)(H,28,29). The molecule has 0 bridgehead atoms. The lowest BCUT2D eigenvalue weighted by Gasteiger charge is -2.28. The number of ether oxygens (including phenoxy) is 2. The van der Waals surface area contributed by atoms with Crippen LogP contribution < -0.4 is 4.74 Å². The molecule has 1 saturated heterocycles. The van der Waals surface area contributed by atoms with Crippen molar-refractivity contribution in [3.05, 3.63) is 47.0 Å². The highest BCUT2D eigenvalue weighted by Gasteiger charge is 2.26. The first-order chi connectivity index (χ1) is 14.9. The predicted octanol–water partition coefficient (Wildman–Crippen LogP) is 4.34. The number of hydrogen-bond donors (Lipinski definition) is 3. The molecule has 1 unspecified atom stereocenters. The summed E-state index contributed by atoms with van der Waals surface area (Å²) in [5, 5.41) is 28.8. The van der Waals surface area contributed by atoms with Gasteiger partial charge >= 0.3 is 11.9 Å². The molecule has 7 nitrogen and oxygen atoms in total. The van der Waals surface area contributed by atoms with Crippen molar-refractivity contribution in [1.82, 2.24) is 0 Å². The van der Waals surface area contributed by atoms with E-state index in [1.54, 1.807) is 25.3 Å². The van der Waals surface area contributed by atoms with Crippen LogP contribution in [0.3, 0.4) is 0 Å². The number of carboxylic acid groups (broad SMARTS) is 2. The molecular formula is C24H28O7. The Morgan fingerprint density at radius 3 is 2.29 bits per heavy atom. The van der Waals surface area contributed by atoms with Crippen LogP contribution in [0.25, 0.3) is 11.1 Å². The van der Waals surface area contributed by atoms with Crippen molar-refractivity contribution in [2.24, 2.45) is 0 Å². The van der Waals surface area contributed by atoms with Gasteiger partial charge in [0.05, 0.1) is 13.2 Å². The molecule has 1 atom stereocenters. The molecule has 0 radical (unpaired) electrons. The Balaban J connectivity index is 2.13. The maximum atomic E-state index is 11.1. The highest BCUT2D eigenvalue weighted by Crippen LogP contribution is 2.44. The van der Waals surface area contributed by atoms with E-state index in [-0.39, 0.29) is 24.7 Å². The number of rotatable bonds is 9. The monoisotopic (exact) mass is 428 g/mol. The summed E-state index contributed by atoms with van der Waals surface area (Å²) in [6.07, 6.45) is 3.25. The number of carbonyl (C=O) groups is 2. The number of carboxylic acids is 2. The molecule has 0 aliphatic carbocycles. The number of phenolic OH excluding ortho intramolecular Hbond substituents is 1. The molecule has 1 fully saturated rings. The molecule has 0 saturated carbocycles. The lowest BCUT2D eigenvalue weighted by molar-refractivity contribution is -0.138. The van der Waals surface area contributed by atoms with E-state index in [4.69, 9.17) is 19.7 Å². The Kier molecular flexibility index (Phi) is 7.52. The smallest absolute Gasteiger partial charge is 0.303 e. The largest absolute Gasteiger partial charge is 0.507 e. The SMILES string of the molecule is COc1cc(CCC(=O)O)cc(-c2cc(CCC(=O)O)ccc2O)c1C1CCCCO1. The Labute approximate surface area is 181 Å². The van der Waals surface area contributed by atoms with E-state index in [9.17, 15) is 14.7 Å². The van der Waals surface area contributed by atoms with Crippen LogP contribution in [0.4, 0.5) is 0 Å². The molecule has 1 aliphatic heterocycles. The third-order valence-electron chi connectivity index (χ3n) is 5.53. The van der Waals surface area contributed by atoms with Gasteiger partial charge in [-0.2, -0.15) is 0 Å². The topological polar surface area (TPSA) is 113 Å². The normalized spacial score (nSPS) is 16.1. The number of phenols is 1. The lowest BCUT2D eigenvalue weighted by Crippen LogP contribution is -2.14. The molecule has 3 rings (SSSR count). The van der Waals surface area contributed by atoms with Gasteiger partial charge in [-0.05, 0) is 67.0 Å². The van der Waals surface area contributed by atoms with Crippen LogP contribution in [0.1, 0.15) is 54.9 Å². The number of methoxy groups -OCH3 is 1. The van der Waals surface area contributed by atoms with Crippen molar-refractivity contribution < 1.29 is 34.4 Å². The zero-order chi connectivity index (χ0) is 22.4. The number of aliphatic carboxylic acids is 2. The maximum absolute atomic E-state index is 11.1. The fourth-order valence-electron chi connectivity index (χ4n) is 3.98. The average molecular weight is 428 g/mol. The van der Waals surface area contributed by atoms with Crippen LogP contribution in [0.2, 0.25) is 0 Å². The number of aryl methyl sites for hydroxylation is 2. The summed E-state index contributed by atoms with van der Waals surface area (Å²) < 4.78 is 11.7. The first-order valence-electron chi connectivity index (χ1n) is 10.5. The van der Waals surface area contributed by atoms with Gasteiger partial charge in [-0.15, -0.1) is 0 Å². The number of benzene rings is 2. The van der Waals surface area contributed by atoms with Crippen molar-refractivity contribution in [2.45, 2.75) is 51.0 Å². The minimum atomic E-state index is -0.890. The van der Waals surface area contributed by atoms with Gasteiger partial charge in [-0.25, -0.2) is 0 Å². The van der Waals surface area contributed by atoms with Gasteiger partial charge in [-0.1, -0.05) is 12.1 Å². The van der Waals surface area contributed by atoms with Crippen molar-refractivity contribution in [3.8, 4) is 22.6 Å². The fraction of sp³-hybridized carbons (Fsp3) is 0.417. The first-order valence-corrected chi connectivity index (χ1v) is 10.5. The second kappa shape index (κ2) is 10.3. The molecule has 31 heavy (non-hydrogen) atoms. The maximum Gasteiger partial charge on any atom is 0.303 e. The summed E-state index contributed by atoms with van der Waals surface area (Å²) in [4.78, 5) is 22.1. The summed E-state index contributed by atoms with van der Waals surface area (Å²) in [6, 6.07) is 8.79. The first kappa shape index (κ1) is 22.6. The molecule has 0 amide bonds. The van der Waals surface area contributed by atoms with Gasteiger partial charge in [-0.3, -0.25) is 9.59 Å². The van der Waals surface area contributed by atoms with E-state index in [0.717, 1.165) is 41.5 Å². The molecule has 7 heteroatoms. The van der Waals surface area contributed by atoms with Crippen LogP contribution in [-0.4, -0.2) is 41.0 Å². The van der Waals surface area contributed by atoms with Crippen LogP contribution >= 0.6 is 0 Å². The van der Waals surface area contributed by atoms with Gasteiger partial charge < -0.3 is 24.8 Å². The zero-order valence-electron chi connectivity index (χ0n) is 17.6. The molecule has 1 heterocycles. The van der Waals surface area contributed by atoms with Gasteiger partial charge in [0.15, 0.2) is 0 Å². The van der Waals surface area contributed by atoms with E-state index >= 15 is 0 Å². The van der Waals surface area contributed by atoms with Crippen molar-refractivity contribution in [3.63, 3.8) is 0 Å². The third kappa shape index (κ3) is 5.76. The Morgan fingerprint density at radius 1 is 1.00 bits per heavy atom. The van der Waals surface area contributed by atoms with Crippen molar-refractivity contribution in [2.75, 3.05) is 13.7 Å². The van der Waals surface area contributed by atoms with E-state index in [2.05, 4.69) is 0 Å². The van der Waals surface area contributed by atoms with E-state index < -0.39 is 11.9 Å². The molecule has 166 valence electrons. The summed E-state index contributed by atoms with van der Waals surface area (Å²) in [5.41, 5.74) is 3.68. The van der Waals surface area contributed by atoms with Crippen LogP contribution in [0.5, 0.6) is 11.5 Å². The van der Waals surface area contributed by atoms with Crippen LogP contribution in [0, 0.1) is 0 Å². The van der Waals surface area contributed by atoms with E-state index in [1.807, 2.05) is 12.1 Å². The third-order valence-corrected chi connectivity index (χ3v) is 5.53. The zero-order valence-corrected chi connectivity index (χ0v) is 17.6. The van der Waals surface area contributed by atoms with Crippen molar-refractivity contribution in [1.29, 1.82) is 0 Å². The number of aromatic hydroxyl groups is 1. The molecular weight excluding hydrogens is 400 g/mol. The van der Waals surface area contributed by atoms with E-state index in [1.165, 1.54) is 0 Å². The summed E-state index contributed by atoms with van der Waals surface area (Å²) in [6.45, 7) is 0.638. The average Bonchev–Trinajstić information content (AvgIpc) is 2.77. The molecule has 3 N–H and O–H groups in total. The quantitative estimate of drug-likeness (QED) is 0.544. The molecule has 2 aromatic carbocycles. The Hall–Kier alpha value is -3.06. The highest BCUT2D eigenvalue weighted by atomic mass is 16.5. The molecule has 0 spiro atoms. The summed E-state index contributed by atoms with van der Waals surface area (Å²) in [7, 11) is 1.57. The Bertz CT molecular complexity index is 945. The molecule has 1 aliphatic rings. The highest BCUT2D eigenvalue weighted by molar-refractivity contribution is 5.77. The van der Waals surface area contributed by atoms with Gasteiger partial charge in [0.2, 0.25) is 0 Å². The minimum absolute atomic E-state index is 0.00915. The van der Waals surface area contributed by atoms with Gasteiger partial charge in [0, 0.05) is 30.6 Å². The van der Waals surface area contributed by atoms with Gasteiger partial charge in [0.1, 0.15) is 11.5 Å². The van der Waals surface area contributed by atoms with Crippen molar-refractivity contribution >= 4 is 11.9 Å². The lowest BCUT2D eigenvalue weighted by atomic mass is 9.88. The summed E-state index contributed by atoms with van der Waals surface area (Å²) >= 11 is 0. The molecule has 0 aromatic heterocycles. The van der Waals surface area contributed by atoms with Crippen LogP contribution in [-0.2, 0) is 27.2 Å².